The van der Waals surface area contributed by atoms with Crippen LogP contribution in [0, 0.1) is 11.7 Å². The molecule has 3 aromatic carbocycles. The molecule has 3 aromatic rings. The van der Waals surface area contributed by atoms with E-state index in [-0.39, 0.29) is 5.69 Å². The zero-order chi connectivity index (χ0) is 23.3. The number of carbonyl (C=O) groups is 2. The van der Waals surface area contributed by atoms with Crippen molar-refractivity contribution in [3.8, 4) is 0 Å². The molecule has 2 aliphatic heterocycles. The second-order valence-corrected chi connectivity index (χ2v) is 7.77. The fraction of sp³-hybridized carbons (Fsp3) is 0.167. The number of hydroxylamine groups is 1. The first-order valence-corrected chi connectivity index (χ1v) is 10.1. The molecule has 168 valence electrons. The standard InChI is InChI=1S/C24H16F4N2O3/c25-16-11-9-14(10-12-16)20-19-21(33-30(20)17-6-2-1-3-7-17)23(32)29(22(19)31)18-8-4-5-15(13-18)24(26,27)28/h1-13,19-21H/t19-,20+,21+/m0/s1. The average Bonchev–Trinajstić information content (AvgIpc) is 3.30. The van der Waals surface area contributed by atoms with Crippen molar-refractivity contribution in [2.75, 3.05) is 9.96 Å². The van der Waals surface area contributed by atoms with Crippen LogP contribution >= 0.6 is 0 Å². The van der Waals surface area contributed by atoms with Crippen LogP contribution in [0.25, 0.3) is 0 Å². The Hall–Kier alpha value is -3.72. The molecule has 2 heterocycles. The Bertz CT molecular complexity index is 1210. The molecule has 5 rings (SSSR count). The van der Waals surface area contributed by atoms with Crippen LogP contribution in [-0.4, -0.2) is 17.9 Å². The van der Waals surface area contributed by atoms with Gasteiger partial charge >= 0.3 is 6.18 Å². The molecule has 2 aliphatic rings. The lowest BCUT2D eigenvalue weighted by molar-refractivity contribution is -0.137. The van der Waals surface area contributed by atoms with E-state index in [4.69, 9.17) is 4.84 Å². The highest BCUT2D eigenvalue weighted by Crippen LogP contribution is 2.47. The quantitative estimate of drug-likeness (QED) is 0.416. The largest absolute Gasteiger partial charge is 0.416 e. The smallest absolute Gasteiger partial charge is 0.273 e. The number of rotatable bonds is 3. The molecule has 5 nitrogen and oxygen atoms in total. The molecule has 9 heteroatoms. The summed E-state index contributed by atoms with van der Waals surface area (Å²) in [5.74, 6) is -2.94. The van der Waals surface area contributed by atoms with Gasteiger partial charge in [0.15, 0.2) is 6.10 Å². The molecule has 2 amide bonds. The van der Waals surface area contributed by atoms with Crippen molar-refractivity contribution in [2.45, 2.75) is 18.3 Å². The fourth-order valence-electron chi connectivity index (χ4n) is 4.29. The Morgan fingerprint density at radius 2 is 1.45 bits per heavy atom. The number of hydrogen-bond acceptors (Lipinski definition) is 4. The van der Waals surface area contributed by atoms with Gasteiger partial charge in [0.1, 0.15) is 11.7 Å². The van der Waals surface area contributed by atoms with E-state index in [1.165, 1.54) is 35.4 Å². The summed E-state index contributed by atoms with van der Waals surface area (Å²) in [5.41, 5.74) is -0.0474. The van der Waals surface area contributed by atoms with Crippen LogP contribution < -0.4 is 9.96 Å². The Balaban J connectivity index is 1.57. The number of halogens is 4. The van der Waals surface area contributed by atoms with Crippen LogP contribution in [0.1, 0.15) is 17.2 Å². The number of para-hydroxylation sites is 1. The third kappa shape index (κ3) is 3.54. The number of hydrogen-bond donors (Lipinski definition) is 0. The Kier molecular flexibility index (Phi) is 4.93. The maximum atomic E-state index is 13.6. The summed E-state index contributed by atoms with van der Waals surface area (Å²) in [5, 5.41) is 1.43. The highest BCUT2D eigenvalue weighted by atomic mass is 19.4. The first-order valence-electron chi connectivity index (χ1n) is 10.1. The van der Waals surface area contributed by atoms with Crippen molar-refractivity contribution in [1.29, 1.82) is 0 Å². The summed E-state index contributed by atoms with van der Waals surface area (Å²) in [4.78, 5) is 33.3. The zero-order valence-corrected chi connectivity index (χ0v) is 16.9. The van der Waals surface area contributed by atoms with Crippen LogP contribution in [0.15, 0.2) is 78.9 Å². The number of imide groups is 1. The normalized spacial score (nSPS) is 22.7. The van der Waals surface area contributed by atoms with Gasteiger partial charge < -0.3 is 0 Å². The second-order valence-electron chi connectivity index (χ2n) is 7.77. The molecule has 0 aliphatic carbocycles. The average molecular weight is 456 g/mol. The van der Waals surface area contributed by atoms with Crippen LogP contribution in [0.4, 0.5) is 28.9 Å². The second kappa shape index (κ2) is 7.70. The summed E-state index contributed by atoms with van der Waals surface area (Å²) in [6.07, 6.45) is -5.86. The van der Waals surface area contributed by atoms with Crippen LogP contribution in [0.5, 0.6) is 0 Å². The van der Waals surface area contributed by atoms with E-state index >= 15 is 0 Å². The predicted molar refractivity (Wildman–Crippen MR) is 110 cm³/mol. The summed E-state index contributed by atoms with van der Waals surface area (Å²) < 4.78 is 53.1. The van der Waals surface area contributed by atoms with Gasteiger partial charge in [0.2, 0.25) is 5.91 Å². The fourth-order valence-corrected chi connectivity index (χ4v) is 4.29. The predicted octanol–water partition coefficient (Wildman–Crippen LogP) is 4.90. The molecule has 0 N–H and O–H groups in total. The van der Waals surface area contributed by atoms with Crippen molar-refractivity contribution in [3.63, 3.8) is 0 Å². The zero-order valence-electron chi connectivity index (χ0n) is 16.9. The molecular formula is C24H16F4N2O3. The van der Waals surface area contributed by atoms with Gasteiger partial charge in [0.25, 0.3) is 5.91 Å². The first kappa shape index (κ1) is 21.1. The Morgan fingerprint density at radius 1 is 0.788 bits per heavy atom. The maximum absolute atomic E-state index is 13.6. The number of alkyl halides is 3. The minimum absolute atomic E-state index is 0.179. The third-order valence-corrected chi connectivity index (χ3v) is 5.77. The number of nitrogens with zero attached hydrogens (tertiary/aromatic N) is 2. The van der Waals surface area contributed by atoms with Gasteiger partial charge in [-0.3, -0.25) is 14.4 Å². The van der Waals surface area contributed by atoms with Crippen molar-refractivity contribution in [1.82, 2.24) is 0 Å². The molecule has 2 fully saturated rings. The lowest BCUT2D eigenvalue weighted by atomic mass is 9.90. The van der Waals surface area contributed by atoms with Crippen molar-refractivity contribution < 1.29 is 32.0 Å². The molecule has 0 bridgehead atoms. The lowest BCUT2D eigenvalue weighted by Gasteiger charge is -2.28. The van der Waals surface area contributed by atoms with E-state index in [0.29, 0.717) is 11.3 Å². The number of amides is 2. The summed E-state index contributed by atoms with van der Waals surface area (Å²) in [6, 6.07) is 17.5. The molecule has 0 spiro atoms. The molecule has 3 atom stereocenters. The molecule has 33 heavy (non-hydrogen) atoms. The van der Waals surface area contributed by atoms with E-state index < -0.39 is 47.4 Å². The molecule has 0 aromatic heterocycles. The van der Waals surface area contributed by atoms with E-state index in [1.54, 1.807) is 30.3 Å². The van der Waals surface area contributed by atoms with Crippen molar-refractivity contribution >= 4 is 23.2 Å². The summed E-state index contributed by atoms with van der Waals surface area (Å²) in [6.45, 7) is 0. The number of carbonyl (C=O) groups excluding carboxylic acids is 2. The molecular weight excluding hydrogens is 440 g/mol. The van der Waals surface area contributed by atoms with Gasteiger partial charge in [0, 0.05) is 0 Å². The van der Waals surface area contributed by atoms with Crippen molar-refractivity contribution in [3.05, 3.63) is 95.8 Å². The van der Waals surface area contributed by atoms with E-state index in [2.05, 4.69) is 0 Å². The van der Waals surface area contributed by atoms with Crippen LogP contribution in [0.3, 0.4) is 0 Å². The van der Waals surface area contributed by atoms with Crippen LogP contribution in [-0.2, 0) is 20.6 Å². The van der Waals surface area contributed by atoms with E-state index in [1.807, 2.05) is 0 Å². The third-order valence-electron chi connectivity index (χ3n) is 5.77. The molecule has 0 saturated carbocycles. The lowest BCUT2D eigenvalue weighted by Crippen LogP contribution is -2.37. The maximum Gasteiger partial charge on any atom is 0.416 e. The van der Waals surface area contributed by atoms with Gasteiger partial charge in [-0.15, -0.1) is 0 Å². The highest BCUT2D eigenvalue weighted by Gasteiger charge is 2.60. The molecule has 0 radical (unpaired) electrons. The van der Waals surface area contributed by atoms with Gasteiger partial charge in [-0.05, 0) is 48.0 Å². The Morgan fingerprint density at radius 3 is 2.12 bits per heavy atom. The van der Waals surface area contributed by atoms with Crippen molar-refractivity contribution in [2.24, 2.45) is 5.92 Å². The molecule has 2 saturated heterocycles. The van der Waals surface area contributed by atoms with E-state index in [0.717, 1.165) is 23.1 Å². The van der Waals surface area contributed by atoms with Gasteiger partial charge in [-0.25, -0.2) is 14.4 Å². The number of benzene rings is 3. The van der Waals surface area contributed by atoms with Gasteiger partial charge in [-0.2, -0.15) is 13.2 Å². The van der Waals surface area contributed by atoms with Gasteiger partial charge in [0.05, 0.1) is 23.0 Å². The summed E-state index contributed by atoms with van der Waals surface area (Å²) >= 11 is 0. The highest BCUT2D eigenvalue weighted by molar-refractivity contribution is 6.24. The SMILES string of the molecule is O=C1[C@H]2[C@@H](c3ccc(F)cc3)N(c3ccccc3)O[C@H]2C(=O)N1c1cccc(C(F)(F)F)c1. The topological polar surface area (TPSA) is 49.9 Å². The number of anilines is 2. The minimum Gasteiger partial charge on any atom is -0.273 e. The summed E-state index contributed by atoms with van der Waals surface area (Å²) in [7, 11) is 0. The Labute approximate surface area is 185 Å². The number of fused-ring (bicyclic) bond motifs is 1. The minimum atomic E-state index is -4.63. The first-order chi connectivity index (χ1) is 15.8. The van der Waals surface area contributed by atoms with E-state index in [9.17, 15) is 27.2 Å². The monoisotopic (exact) mass is 456 g/mol. The molecule has 0 unspecified atom stereocenters. The van der Waals surface area contributed by atoms with Gasteiger partial charge in [-0.1, -0.05) is 36.4 Å². The van der Waals surface area contributed by atoms with Crippen LogP contribution in [0.2, 0.25) is 0 Å².